The summed E-state index contributed by atoms with van der Waals surface area (Å²) in [5, 5.41) is 7.75. The second kappa shape index (κ2) is 6.01. The second-order valence-electron chi connectivity index (χ2n) is 4.60. The van der Waals surface area contributed by atoms with Crippen LogP contribution < -0.4 is 10.5 Å². The van der Waals surface area contributed by atoms with Crippen molar-refractivity contribution < 1.29 is 4.74 Å². The zero-order valence-corrected chi connectivity index (χ0v) is 12.7. The Kier molecular flexibility index (Phi) is 4.35. The molecule has 0 saturated carbocycles. The van der Waals surface area contributed by atoms with E-state index in [-0.39, 0.29) is 5.84 Å². The summed E-state index contributed by atoms with van der Waals surface area (Å²) in [6.45, 7) is 4.11. The van der Waals surface area contributed by atoms with Gasteiger partial charge in [0.05, 0.1) is 5.56 Å². The van der Waals surface area contributed by atoms with Gasteiger partial charge in [0.1, 0.15) is 17.3 Å². The molecule has 0 aliphatic heterocycles. The average Bonchev–Trinajstić information content (AvgIpc) is 2.42. The van der Waals surface area contributed by atoms with Crippen molar-refractivity contribution in [2.75, 3.05) is 6.26 Å². The Hall–Kier alpha value is -1.94. The fourth-order valence-electron chi connectivity index (χ4n) is 1.94. The van der Waals surface area contributed by atoms with Crippen LogP contribution in [0.5, 0.6) is 11.5 Å². The smallest absolute Gasteiger partial charge is 0.139 e. The summed E-state index contributed by atoms with van der Waals surface area (Å²) < 4.78 is 5.91. The number of ether oxygens (including phenoxy) is 1. The molecule has 3 nitrogen and oxygen atoms in total. The minimum atomic E-state index is 0.0220. The van der Waals surface area contributed by atoms with E-state index in [1.165, 1.54) is 11.1 Å². The average molecular weight is 286 g/mol. The Morgan fingerprint density at radius 2 is 1.90 bits per heavy atom. The highest BCUT2D eigenvalue weighted by atomic mass is 32.2. The summed E-state index contributed by atoms with van der Waals surface area (Å²) in [6, 6.07) is 11.6. The molecule has 0 heterocycles. The molecular formula is C16H18N2OS. The molecule has 0 fully saturated rings. The number of aryl methyl sites for hydroxylation is 2. The van der Waals surface area contributed by atoms with Crippen LogP contribution in [0, 0.1) is 19.3 Å². The van der Waals surface area contributed by atoms with Gasteiger partial charge in [-0.3, -0.25) is 5.41 Å². The molecule has 0 atom stereocenters. The Balaban J connectivity index is 2.42. The predicted octanol–water partition coefficient (Wildman–Crippen LogP) is 4.10. The molecule has 2 aromatic carbocycles. The number of hydrogen-bond acceptors (Lipinski definition) is 3. The van der Waals surface area contributed by atoms with Gasteiger partial charge in [-0.05, 0) is 55.5 Å². The van der Waals surface area contributed by atoms with E-state index in [4.69, 9.17) is 15.9 Å². The first-order valence-electron chi connectivity index (χ1n) is 6.29. The molecule has 2 rings (SSSR count). The number of rotatable bonds is 4. The maximum atomic E-state index is 7.75. The van der Waals surface area contributed by atoms with E-state index in [0.717, 1.165) is 10.6 Å². The van der Waals surface area contributed by atoms with Crippen LogP contribution >= 0.6 is 11.8 Å². The first-order valence-corrected chi connectivity index (χ1v) is 7.52. The summed E-state index contributed by atoms with van der Waals surface area (Å²) in [4.78, 5) is 0.943. The van der Waals surface area contributed by atoms with Gasteiger partial charge in [-0.15, -0.1) is 11.8 Å². The second-order valence-corrected chi connectivity index (χ2v) is 5.44. The van der Waals surface area contributed by atoms with Crippen molar-refractivity contribution in [3.8, 4) is 11.5 Å². The minimum absolute atomic E-state index is 0.0220. The number of nitrogens with two attached hydrogens (primary N) is 1. The van der Waals surface area contributed by atoms with Gasteiger partial charge in [-0.25, -0.2) is 0 Å². The third-order valence-electron chi connectivity index (χ3n) is 3.18. The molecule has 2 aromatic rings. The monoisotopic (exact) mass is 286 g/mol. The molecule has 0 aliphatic carbocycles. The van der Waals surface area contributed by atoms with Crippen LogP contribution in [0.3, 0.4) is 0 Å². The third kappa shape index (κ3) is 2.96. The Labute approximate surface area is 123 Å². The Morgan fingerprint density at radius 3 is 2.50 bits per heavy atom. The molecule has 4 heteroatoms. The fraction of sp³-hybridized carbons (Fsp3) is 0.188. The van der Waals surface area contributed by atoms with Gasteiger partial charge in [0, 0.05) is 4.90 Å². The zero-order valence-electron chi connectivity index (χ0n) is 11.9. The number of amidine groups is 1. The molecule has 0 unspecified atom stereocenters. The lowest BCUT2D eigenvalue weighted by molar-refractivity contribution is 0.479. The number of hydrogen-bond donors (Lipinski definition) is 2. The van der Waals surface area contributed by atoms with Gasteiger partial charge in [-0.2, -0.15) is 0 Å². The third-order valence-corrected chi connectivity index (χ3v) is 3.96. The van der Waals surface area contributed by atoms with Crippen molar-refractivity contribution in [1.29, 1.82) is 5.41 Å². The topological polar surface area (TPSA) is 59.1 Å². The summed E-state index contributed by atoms with van der Waals surface area (Å²) >= 11 is 1.55. The molecule has 0 spiro atoms. The van der Waals surface area contributed by atoms with Gasteiger partial charge in [0.2, 0.25) is 0 Å². The highest BCUT2D eigenvalue weighted by Gasteiger charge is 2.12. The standard InChI is InChI=1S/C16H18N2OS/c1-10-7-8-12(9-11(10)2)19-13-5-4-6-14(20-3)15(13)16(17)18/h4-9H,1-3H3,(H3,17,18). The van der Waals surface area contributed by atoms with Gasteiger partial charge in [0.15, 0.2) is 0 Å². The van der Waals surface area contributed by atoms with Gasteiger partial charge in [0.25, 0.3) is 0 Å². The molecule has 0 saturated heterocycles. The van der Waals surface area contributed by atoms with Crippen LogP contribution in [0.2, 0.25) is 0 Å². The largest absolute Gasteiger partial charge is 0.457 e. The number of benzene rings is 2. The molecule has 104 valence electrons. The van der Waals surface area contributed by atoms with Crippen molar-refractivity contribution in [1.82, 2.24) is 0 Å². The van der Waals surface area contributed by atoms with Crippen molar-refractivity contribution in [3.05, 3.63) is 53.1 Å². The van der Waals surface area contributed by atoms with Crippen LogP contribution in [0.4, 0.5) is 0 Å². The normalized spacial score (nSPS) is 10.3. The van der Waals surface area contributed by atoms with E-state index in [0.29, 0.717) is 11.3 Å². The highest BCUT2D eigenvalue weighted by molar-refractivity contribution is 7.98. The van der Waals surface area contributed by atoms with Gasteiger partial charge >= 0.3 is 0 Å². The van der Waals surface area contributed by atoms with E-state index in [2.05, 4.69) is 6.92 Å². The highest BCUT2D eigenvalue weighted by Crippen LogP contribution is 2.32. The Bertz CT molecular complexity index is 653. The first-order chi connectivity index (χ1) is 9.52. The van der Waals surface area contributed by atoms with Crippen molar-refractivity contribution in [3.63, 3.8) is 0 Å². The lowest BCUT2D eigenvalue weighted by Gasteiger charge is -2.14. The van der Waals surface area contributed by atoms with E-state index in [9.17, 15) is 0 Å². The van der Waals surface area contributed by atoms with Crippen LogP contribution in [-0.4, -0.2) is 12.1 Å². The van der Waals surface area contributed by atoms with Gasteiger partial charge in [-0.1, -0.05) is 12.1 Å². The van der Waals surface area contributed by atoms with Crippen LogP contribution in [0.1, 0.15) is 16.7 Å². The van der Waals surface area contributed by atoms with Crippen molar-refractivity contribution in [2.45, 2.75) is 18.7 Å². The van der Waals surface area contributed by atoms with Gasteiger partial charge < -0.3 is 10.5 Å². The maximum absolute atomic E-state index is 7.75. The number of nitrogens with one attached hydrogen (secondary N) is 1. The molecule has 20 heavy (non-hydrogen) atoms. The molecular weight excluding hydrogens is 268 g/mol. The number of thioether (sulfide) groups is 1. The minimum Gasteiger partial charge on any atom is -0.457 e. The summed E-state index contributed by atoms with van der Waals surface area (Å²) in [5.74, 6) is 1.40. The van der Waals surface area contributed by atoms with E-state index in [1.807, 2.05) is 49.6 Å². The molecule has 0 aliphatic rings. The maximum Gasteiger partial charge on any atom is 0.139 e. The zero-order chi connectivity index (χ0) is 14.7. The van der Waals surface area contributed by atoms with E-state index < -0.39 is 0 Å². The lowest BCUT2D eigenvalue weighted by atomic mass is 10.1. The summed E-state index contributed by atoms with van der Waals surface area (Å²) in [7, 11) is 0. The molecule has 0 aromatic heterocycles. The predicted molar refractivity (Wildman–Crippen MR) is 85.2 cm³/mol. The SMILES string of the molecule is CSc1cccc(Oc2ccc(C)c(C)c2)c1C(=N)N. The first kappa shape index (κ1) is 14.5. The van der Waals surface area contributed by atoms with Crippen LogP contribution in [0.15, 0.2) is 41.3 Å². The number of nitrogen functional groups attached to an aromatic ring is 1. The quantitative estimate of drug-likeness (QED) is 0.505. The van der Waals surface area contributed by atoms with E-state index in [1.54, 1.807) is 11.8 Å². The molecule has 0 radical (unpaired) electrons. The van der Waals surface area contributed by atoms with Crippen molar-refractivity contribution in [2.24, 2.45) is 5.73 Å². The molecule has 3 N–H and O–H groups in total. The van der Waals surface area contributed by atoms with E-state index >= 15 is 0 Å². The fourth-order valence-corrected chi connectivity index (χ4v) is 2.57. The van der Waals surface area contributed by atoms with Crippen LogP contribution in [-0.2, 0) is 0 Å². The van der Waals surface area contributed by atoms with Crippen LogP contribution in [0.25, 0.3) is 0 Å². The lowest BCUT2D eigenvalue weighted by Crippen LogP contribution is -2.13. The molecule has 0 amide bonds. The summed E-state index contributed by atoms with van der Waals surface area (Å²) in [6.07, 6.45) is 1.96. The van der Waals surface area contributed by atoms with Crippen molar-refractivity contribution >= 4 is 17.6 Å². The Morgan fingerprint density at radius 1 is 1.15 bits per heavy atom. The summed E-state index contributed by atoms with van der Waals surface area (Å²) in [5.41, 5.74) is 8.74. The molecule has 0 bridgehead atoms.